The zero-order chi connectivity index (χ0) is 20.4. The van der Waals surface area contributed by atoms with Gasteiger partial charge in [0.05, 0.1) is 19.0 Å². The van der Waals surface area contributed by atoms with E-state index in [4.69, 9.17) is 4.74 Å². The summed E-state index contributed by atoms with van der Waals surface area (Å²) in [5.74, 6) is 0.586. The van der Waals surface area contributed by atoms with Crippen LogP contribution in [0.3, 0.4) is 0 Å². The highest BCUT2D eigenvalue weighted by Crippen LogP contribution is 2.33. The number of rotatable bonds is 7. The summed E-state index contributed by atoms with van der Waals surface area (Å²) in [5, 5.41) is 33.2. The molecule has 4 N–H and O–H groups in total. The molecule has 2 aromatic heterocycles. The standard InChI is InChI=1S/C20H25N5O4/c1-2-6-13(12-7-4-3-5-8-12)24-18-15-19(22-10-21-18)25(11-23-15)20-17(28)16(27)14(9-26)29-20/h3-5,7-8,10-11,13-14,16-17,20,26-28H,2,6,9H2,1H3,(H,21,22,24)/t13-,14-,16+,17?,20-/m1/s1. The number of aliphatic hydroxyl groups excluding tert-OH is 3. The number of ether oxygens (including phenoxy) is 1. The Morgan fingerprint density at radius 1 is 1.14 bits per heavy atom. The lowest BCUT2D eigenvalue weighted by Crippen LogP contribution is -2.33. The fourth-order valence-electron chi connectivity index (χ4n) is 3.71. The fraction of sp³-hybridized carbons (Fsp3) is 0.450. The molecule has 1 unspecified atom stereocenters. The van der Waals surface area contributed by atoms with Gasteiger partial charge in [0.15, 0.2) is 23.2 Å². The van der Waals surface area contributed by atoms with Gasteiger partial charge in [0.1, 0.15) is 24.6 Å². The van der Waals surface area contributed by atoms with Crippen LogP contribution in [0.5, 0.6) is 0 Å². The quantitative estimate of drug-likeness (QED) is 0.470. The average Bonchev–Trinajstić information content (AvgIpc) is 3.30. The van der Waals surface area contributed by atoms with Crippen LogP contribution in [0.25, 0.3) is 11.2 Å². The van der Waals surface area contributed by atoms with E-state index in [0.717, 1.165) is 18.4 Å². The summed E-state index contributed by atoms with van der Waals surface area (Å²) in [6.07, 6.45) is 0.708. The molecule has 29 heavy (non-hydrogen) atoms. The Balaban J connectivity index is 1.66. The lowest BCUT2D eigenvalue weighted by molar-refractivity contribution is -0.0511. The summed E-state index contributed by atoms with van der Waals surface area (Å²) in [6, 6.07) is 10.2. The maximum atomic E-state index is 10.3. The summed E-state index contributed by atoms with van der Waals surface area (Å²) in [7, 11) is 0. The Bertz CT molecular complexity index is 950. The molecule has 1 fully saturated rings. The number of benzene rings is 1. The number of fused-ring (bicyclic) bond motifs is 1. The Hall–Kier alpha value is -2.59. The number of hydrogen-bond acceptors (Lipinski definition) is 8. The van der Waals surface area contributed by atoms with Crippen molar-refractivity contribution in [2.75, 3.05) is 11.9 Å². The molecule has 4 rings (SSSR count). The van der Waals surface area contributed by atoms with E-state index in [2.05, 4.69) is 39.3 Å². The molecule has 1 aliphatic rings. The number of aliphatic hydroxyl groups is 3. The first kappa shape index (κ1) is 19.7. The van der Waals surface area contributed by atoms with Gasteiger partial charge in [-0.15, -0.1) is 0 Å². The van der Waals surface area contributed by atoms with Gasteiger partial charge in [-0.25, -0.2) is 15.0 Å². The highest BCUT2D eigenvalue weighted by atomic mass is 16.6. The minimum atomic E-state index is -1.20. The molecule has 0 radical (unpaired) electrons. The Kier molecular flexibility index (Phi) is 5.72. The summed E-state index contributed by atoms with van der Waals surface area (Å²) >= 11 is 0. The van der Waals surface area contributed by atoms with Crippen LogP contribution in [-0.4, -0.2) is 59.8 Å². The van der Waals surface area contributed by atoms with Crippen LogP contribution in [0.15, 0.2) is 43.0 Å². The van der Waals surface area contributed by atoms with E-state index in [0.29, 0.717) is 17.0 Å². The zero-order valence-electron chi connectivity index (χ0n) is 16.1. The van der Waals surface area contributed by atoms with Crippen molar-refractivity contribution in [1.82, 2.24) is 19.5 Å². The summed E-state index contributed by atoms with van der Waals surface area (Å²) in [4.78, 5) is 13.1. The molecular weight excluding hydrogens is 374 g/mol. The van der Waals surface area contributed by atoms with Crippen molar-refractivity contribution < 1.29 is 20.1 Å². The summed E-state index contributed by atoms with van der Waals surface area (Å²) < 4.78 is 7.17. The number of aromatic nitrogens is 4. The lowest BCUT2D eigenvalue weighted by Gasteiger charge is -2.20. The number of imidazole rings is 1. The van der Waals surface area contributed by atoms with Crippen LogP contribution < -0.4 is 5.32 Å². The Labute approximate surface area is 168 Å². The summed E-state index contributed by atoms with van der Waals surface area (Å²) in [6.45, 7) is 1.74. The second kappa shape index (κ2) is 8.42. The van der Waals surface area contributed by atoms with E-state index >= 15 is 0 Å². The number of nitrogens with zero attached hydrogens (tertiary/aromatic N) is 4. The molecule has 1 aromatic carbocycles. The van der Waals surface area contributed by atoms with Crippen molar-refractivity contribution in [3.63, 3.8) is 0 Å². The topological polar surface area (TPSA) is 126 Å². The van der Waals surface area contributed by atoms with Crippen LogP contribution in [0.4, 0.5) is 5.82 Å². The summed E-state index contributed by atoms with van der Waals surface area (Å²) in [5.41, 5.74) is 2.17. The third kappa shape index (κ3) is 3.69. The second-order valence-corrected chi connectivity index (χ2v) is 7.17. The second-order valence-electron chi connectivity index (χ2n) is 7.17. The van der Waals surface area contributed by atoms with E-state index in [1.54, 1.807) is 4.57 Å². The van der Waals surface area contributed by atoms with Crippen molar-refractivity contribution in [2.24, 2.45) is 0 Å². The normalized spacial score (nSPS) is 25.4. The molecule has 9 nitrogen and oxygen atoms in total. The first-order chi connectivity index (χ1) is 14.1. The molecule has 9 heteroatoms. The predicted octanol–water partition coefficient (Wildman–Crippen LogP) is 1.39. The van der Waals surface area contributed by atoms with Gasteiger partial charge in [-0.05, 0) is 12.0 Å². The third-order valence-electron chi connectivity index (χ3n) is 5.24. The van der Waals surface area contributed by atoms with E-state index in [1.165, 1.54) is 12.7 Å². The lowest BCUT2D eigenvalue weighted by atomic mass is 10.0. The van der Waals surface area contributed by atoms with Crippen molar-refractivity contribution in [3.05, 3.63) is 48.5 Å². The van der Waals surface area contributed by atoms with Gasteiger partial charge in [-0.1, -0.05) is 43.7 Å². The van der Waals surface area contributed by atoms with Crippen molar-refractivity contribution in [1.29, 1.82) is 0 Å². The smallest absolute Gasteiger partial charge is 0.167 e. The van der Waals surface area contributed by atoms with Crippen LogP contribution >= 0.6 is 0 Å². The van der Waals surface area contributed by atoms with Gasteiger partial charge in [-0.2, -0.15) is 0 Å². The molecule has 3 heterocycles. The van der Waals surface area contributed by atoms with E-state index in [-0.39, 0.29) is 12.6 Å². The Morgan fingerprint density at radius 3 is 2.62 bits per heavy atom. The van der Waals surface area contributed by atoms with Crippen molar-refractivity contribution >= 4 is 17.0 Å². The number of anilines is 1. The SMILES string of the molecule is CCC[C@@H](Nc1ncnc2c1ncn2[C@@H]1O[C@H](CO)[C@H](O)C1O)c1ccccc1. The Morgan fingerprint density at radius 2 is 1.93 bits per heavy atom. The maximum Gasteiger partial charge on any atom is 0.167 e. The predicted molar refractivity (Wildman–Crippen MR) is 106 cm³/mol. The molecule has 0 spiro atoms. The van der Waals surface area contributed by atoms with Crippen molar-refractivity contribution in [3.8, 4) is 0 Å². The fourth-order valence-corrected chi connectivity index (χ4v) is 3.71. The first-order valence-corrected chi connectivity index (χ1v) is 9.75. The molecular formula is C20H25N5O4. The van der Waals surface area contributed by atoms with E-state index in [9.17, 15) is 15.3 Å². The van der Waals surface area contributed by atoms with Crippen LogP contribution in [-0.2, 0) is 4.74 Å². The third-order valence-corrected chi connectivity index (χ3v) is 5.24. The highest BCUT2D eigenvalue weighted by Gasteiger charge is 2.44. The monoisotopic (exact) mass is 399 g/mol. The van der Waals surface area contributed by atoms with Gasteiger partial charge < -0.3 is 25.4 Å². The van der Waals surface area contributed by atoms with Crippen molar-refractivity contribution in [2.45, 2.75) is 50.3 Å². The first-order valence-electron chi connectivity index (χ1n) is 9.75. The zero-order valence-corrected chi connectivity index (χ0v) is 16.1. The molecule has 0 saturated carbocycles. The average molecular weight is 399 g/mol. The number of nitrogens with one attached hydrogen (secondary N) is 1. The van der Waals surface area contributed by atoms with E-state index in [1.807, 2.05) is 18.2 Å². The van der Waals surface area contributed by atoms with Crippen LogP contribution in [0.2, 0.25) is 0 Å². The highest BCUT2D eigenvalue weighted by molar-refractivity contribution is 5.83. The van der Waals surface area contributed by atoms with Gasteiger partial charge in [-0.3, -0.25) is 4.57 Å². The van der Waals surface area contributed by atoms with E-state index < -0.39 is 24.5 Å². The molecule has 3 aromatic rings. The minimum absolute atomic E-state index is 0.0679. The van der Waals surface area contributed by atoms with Gasteiger partial charge in [0, 0.05) is 0 Å². The van der Waals surface area contributed by atoms with Gasteiger partial charge in [0.25, 0.3) is 0 Å². The molecule has 1 aliphatic heterocycles. The maximum absolute atomic E-state index is 10.3. The van der Waals surface area contributed by atoms with Gasteiger partial charge >= 0.3 is 0 Å². The number of hydrogen-bond donors (Lipinski definition) is 4. The molecule has 0 amide bonds. The molecule has 154 valence electrons. The molecule has 5 atom stereocenters. The molecule has 0 aliphatic carbocycles. The minimum Gasteiger partial charge on any atom is -0.394 e. The van der Waals surface area contributed by atoms with Crippen LogP contribution in [0, 0.1) is 0 Å². The molecule has 1 saturated heterocycles. The van der Waals surface area contributed by atoms with Gasteiger partial charge in [0.2, 0.25) is 0 Å². The molecule has 0 bridgehead atoms. The van der Waals surface area contributed by atoms with Crippen LogP contribution in [0.1, 0.15) is 37.6 Å². The largest absolute Gasteiger partial charge is 0.394 e.